The molecule has 0 saturated carbocycles. The molecule has 0 radical (unpaired) electrons. The molecule has 0 aliphatic rings. The molecule has 2 aromatic carbocycles. The fourth-order valence-electron chi connectivity index (χ4n) is 3.02. The summed E-state index contributed by atoms with van der Waals surface area (Å²) < 4.78 is 3.95. The van der Waals surface area contributed by atoms with Gasteiger partial charge in [-0.1, -0.05) is 12.1 Å². The number of hydrogen-bond donors (Lipinski definition) is 1. The Hall–Kier alpha value is -3.41. The number of nitrogens with one attached hydrogen (secondary N) is 1. The average molecular weight is 345 g/mol. The summed E-state index contributed by atoms with van der Waals surface area (Å²) in [7, 11) is 2.02. The zero-order valence-corrected chi connectivity index (χ0v) is 14.7. The fraction of sp³-hybridized carbons (Fsp3) is 0.150. The van der Waals surface area contributed by atoms with Gasteiger partial charge in [0.25, 0.3) is 5.91 Å². The van der Waals surface area contributed by atoms with Gasteiger partial charge in [-0.2, -0.15) is 0 Å². The van der Waals surface area contributed by atoms with Gasteiger partial charge >= 0.3 is 0 Å². The first kappa shape index (κ1) is 16.1. The summed E-state index contributed by atoms with van der Waals surface area (Å²) >= 11 is 0. The van der Waals surface area contributed by atoms with E-state index in [1.807, 2.05) is 55.1 Å². The van der Waals surface area contributed by atoms with Gasteiger partial charge in [0.2, 0.25) is 0 Å². The van der Waals surface area contributed by atoms with Crippen LogP contribution >= 0.6 is 0 Å². The van der Waals surface area contributed by atoms with Gasteiger partial charge in [0, 0.05) is 36.6 Å². The number of amides is 1. The van der Waals surface area contributed by atoms with E-state index in [2.05, 4.69) is 38.3 Å². The lowest BCUT2D eigenvalue weighted by atomic mass is 10.1. The van der Waals surface area contributed by atoms with Gasteiger partial charge in [-0.3, -0.25) is 9.36 Å². The highest BCUT2D eigenvalue weighted by Crippen LogP contribution is 2.17. The fourth-order valence-corrected chi connectivity index (χ4v) is 3.02. The molecular weight excluding hydrogens is 326 g/mol. The number of benzene rings is 2. The van der Waals surface area contributed by atoms with E-state index in [4.69, 9.17) is 0 Å². The maximum absolute atomic E-state index is 12.4. The van der Waals surface area contributed by atoms with Crippen molar-refractivity contribution in [3.8, 4) is 5.69 Å². The molecule has 1 amide bonds. The van der Waals surface area contributed by atoms with Gasteiger partial charge in [-0.15, -0.1) is 10.2 Å². The number of aromatic nitrogens is 4. The topological polar surface area (TPSA) is 64.7 Å². The summed E-state index contributed by atoms with van der Waals surface area (Å²) in [5, 5.41) is 12.0. The Balaban J connectivity index is 1.45. The average Bonchev–Trinajstić information content (AvgIpc) is 3.26. The minimum absolute atomic E-state index is 0.0935. The summed E-state index contributed by atoms with van der Waals surface area (Å²) in [5.74, 6) is 0.710. The van der Waals surface area contributed by atoms with Gasteiger partial charge in [0.05, 0.1) is 0 Å². The Bertz CT molecular complexity index is 1080. The number of fused-ring (bicyclic) bond motifs is 1. The molecule has 4 aromatic rings. The van der Waals surface area contributed by atoms with Crippen molar-refractivity contribution in [3.05, 3.63) is 78.0 Å². The van der Waals surface area contributed by atoms with Crippen molar-refractivity contribution in [2.75, 3.05) is 0 Å². The van der Waals surface area contributed by atoms with Crippen LogP contribution in [0.25, 0.3) is 16.6 Å². The molecule has 6 nitrogen and oxygen atoms in total. The molecule has 26 heavy (non-hydrogen) atoms. The predicted octanol–water partition coefficient (Wildman–Crippen LogP) is 3.00. The molecule has 2 aromatic heterocycles. The second-order valence-corrected chi connectivity index (χ2v) is 6.30. The van der Waals surface area contributed by atoms with Crippen LogP contribution in [0.3, 0.4) is 0 Å². The number of aryl methyl sites for hydroxylation is 2. The highest BCUT2D eigenvalue weighted by atomic mass is 16.1. The molecule has 0 spiro atoms. The van der Waals surface area contributed by atoms with E-state index in [-0.39, 0.29) is 5.91 Å². The van der Waals surface area contributed by atoms with Crippen LogP contribution in [-0.2, 0) is 13.6 Å². The van der Waals surface area contributed by atoms with Crippen molar-refractivity contribution in [3.63, 3.8) is 0 Å². The van der Waals surface area contributed by atoms with Crippen LogP contribution in [0.5, 0.6) is 0 Å². The second-order valence-electron chi connectivity index (χ2n) is 6.30. The van der Waals surface area contributed by atoms with Crippen LogP contribution in [0, 0.1) is 6.92 Å². The Morgan fingerprint density at radius 2 is 1.92 bits per heavy atom. The highest BCUT2D eigenvalue weighted by molar-refractivity contribution is 5.94. The highest BCUT2D eigenvalue weighted by Gasteiger charge is 2.08. The first-order valence-electron chi connectivity index (χ1n) is 8.41. The first-order valence-corrected chi connectivity index (χ1v) is 8.41. The molecule has 0 saturated heterocycles. The van der Waals surface area contributed by atoms with Crippen molar-refractivity contribution in [1.29, 1.82) is 0 Å². The monoisotopic (exact) mass is 345 g/mol. The van der Waals surface area contributed by atoms with Gasteiger partial charge in [-0.25, -0.2) is 0 Å². The standard InChI is InChI=1S/C20H19N5O/c1-14-23-22-13-25(14)18-7-5-17(6-8-18)20(26)21-12-15-3-4-16-9-10-24(2)19(16)11-15/h3-11,13H,12H2,1-2H3,(H,21,26). The van der Waals surface area contributed by atoms with E-state index < -0.39 is 0 Å². The maximum atomic E-state index is 12.4. The summed E-state index contributed by atoms with van der Waals surface area (Å²) in [6, 6.07) is 15.7. The second kappa shape index (κ2) is 6.48. The molecule has 0 aliphatic carbocycles. The molecule has 2 heterocycles. The molecule has 0 unspecified atom stereocenters. The van der Waals surface area contributed by atoms with Crippen molar-refractivity contribution in [2.45, 2.75) is 13.5 Å². The summed E-state index contributed by atoms with van der Waals surface area (Å²) in [6.45, 7) is 2.38. The smallest absolute Gasteiger partial charge is 0.251 e. The van der Waals surface area contributed by atoms with Crippen LogP contribution < -0.4 is 5.32 Å². The van der Waals surface area contributed by atoms with Crippen LogP contribution in [-0.4, -0.2) is 25.2 Å². The molecule has 0 bridgehead atoms. The van der Waals surface area contributed by atoms with E-state index in [1.54, 1.807) is 6.33 Å². The van der Waals surface area contributed by atoms with Crippen LogP contribution in [0.2, 0.25) is 0 Å². The normalized spacial score (nSPS) is 11.0. The molecule has 0 aliphatic heterocycles. The number of hydrogen-bond acceptors (Lipinski definition) is 3. The van der Waals surface area contributed by atoms with E-state index in [0.717, 1.165) is 22.6 Å². The largest absolute Gasteiger partial charge is 0.351 e. The molecule has 4 rings (SSSR count). The summed E-state index contributed by atoms with van der Waals surface area (Å²) in [6.07, 6.45) is 3.69. The molecule has 0 atom stereocenters. The summed E-state index contributed by atoms with van der Waals surface area (Å²) in [5.41, 5.74) is 3.78. The van der Waals surface area contributed by atoms with Gasteiger partial charge in [-0.05, 0) is 54.3 Å². The van der Waals surface area contributed by atoms with Gasteiger partial charge in [0.1, 0.15) is 12.2 Å². The third-order valence-corrected chi connectivity index (χ3v) is 4.53. The predicted molar refractivity (Wildman–Crippen MR) is 100 cm³/mol. The molecule has 1 N–H and O–H groups in total. The number of carbonyl (C=O) groups is 1. The lowest BCUT2D eigenvalue weighted by Gasteiger charge is -2.08. The van der Waals surface area contributed by atoms with Crippen LogP contribution in [0.4, 0.5) is 0 Å². The quantitative estimate of drug-likeness (QED) is 0.618. The molecular formula is C20H19N5O. The zero-order chi connectivity index (χ0) is 18.1. The molecule has 130 valence electrons. The number of rotatable bonds is 4. The van der Waals surface area contributed by atoms with Crippen LogP contribution in [0.1, 0.15) is 21.7 Å². The van der Waals surface area contributed by atoms with Crippen molar-refractivity contribution >= 4 is 16.8 Å². The minimum Gasteiger partial charge on any atom is -0.351 e. The minimum atomic E-state index is -0.0935. The Labute approximate surface area is 151 Å². The first-order chi connectivity index (χ1) is 12.6. The van der Waals surface area contributed by atoms with E-state index in [1.165, 1.54) is 5.39 Å². The lowest BCUT2D eigenvalue weighted by molar-refractivity contribution is 0.0951. The van der Waals surface area contributed by atoms with Crippen molar-refractivity contribution in [2.24, 2.45) is 7.05 Å². The maximum Gasteiger partial charge on any atom is 0.251 e. The SMILES string of the molecule is Cc1nncn1-c1ccc(C(=O)NCc2ccc3ccn(C)c3c2)cc1. The van der Waals surface area contributed by atoms with Gasteiger partial charge < -0.3 is 9.88 Å². The van der Waals surface area contributed by atoms with E-state index in [0.29, 0.717) is 12.1 Å². The van der Waals surface area contributed by atoms with Crippen molar-refractivity contribution < 1.29 is 4.79 Å². The lowest BCUT2D eigenvalue weighted by Crippen LogP contribution is -2.22. The third kappa shape index (κ3) is 2.97. The Morgan fingerprint density at radius 1 is 1.12 bits per heavy atom. The van der Waals surface area contributed by atoms with E-state index >= 15 is 0 Å². The Kier molecular flexibility index (Phi) is 4.01. The van der Waals surface area contributed by atoms with E-state index in [9.17, 15) is 4.79 Å². The van der Waals surface area contributed by atoms with Crippen LogP contribution in [0.15, 0.2) is 61.1 Å². The van der Waals surface area contributed by atoms with Crippen molar-refractivity contribution in [1.82, 2.24) is 24.6 Å². The third-order valence-electron chi connectivity index (χ3n) is 4.53. The molecule has 6 heteroatoms. The van der Waals surface area contributed by atoms with Gasteiger partial charge in [0.15, 0.2) is 0 Å². The Morgan fingerprint density at radius 3 is 2.65 bits per heavy atom. The molecule has 0 fully saturated rings. The zero-order valence-electron chi connectivity index (χ0n) is 14.7. The number of carbonyl (C=O) groups excluding carboxylic acids is 1. The summed E-state index contributed by atoms with van der Waals surface area (Å²) in [4.78, 5) is 12.4. The number of nitrogens with zero attached hydrogens (tertiary/aromatic N) is 4.